The van der Waals surface area contributed by atoms with Crippen molar-refractivity contribution in [3.63, 3.8) is 0 Å². The van der Waals surface area contributed by atoms with Gasteiger partial charge in [-0.05, 0) is 85.0 Å². The number of ether oxygens (including phenoxy) is 1. The summed E-state index contributed by atoms with van der Waals surface area (Å²) in [5.74, 6) is 0.714. The normalized spacial score (nSPS) is 14.3. The molecule has 210 valence electrons. The summed E-state index contributed by atoms with van der Waals surface area (Å²) in [5.41, 5.74) is 2.20. The molecule has 10 heteroatoms. The topological polar surface area (TPSA) is 92.0 Å². The van der Waals surface area contributed by atoms with E-state index in [2.05, 4.69) is 15.7 Å². The standard InChI is InChI=1S/C31H28F3N5O2/c1-41-25-12-10-21(11-13-25)29(36-18-19-8-9-19)22-5-3-6-23(15-22)37-31(40)27-16-26(28(32)30(33)34)38-39(27)24-7-2-4-20(14-24)17-35/h2-7,10-16,19,28-30,36H,8-9,18H2,1H3,(H,37,40). The number of carbonyl (C=O) groups excluding carboxylic acids is 1. The summed E-state index contributed by atoms with van der Waals surface area (Å²) in [6.07, 6.45) is -3.60. The Morgan fingerprint density at radius 3 is 2.49 bits per heavy atom. The van der Waals surface area contributed by atoms with Gasteiger partial charge in [-0.15, -0.1) is 0 Å². The number of halogens is 3. The fourth-order valence-electron chi connectivity index (χ4n) is 4.55. The monoisotopic (exact) mass is 559 g/mol. The maximum Gasteiger partial charge on any atom is 0.275 e. The summed E-state index contributed by atoms with van der Waals surface area (Å²) in [6, 6.07) is 24.0. The molecule has 1 heterocycles. The summed E-state index contributed by atoms with van der Waals surface area (Å²) in [4.78, 5) is 13.4. The lowest BCUT2D eigenvalue weighted by Crippen LogP contribution is -2.25. The van der Waals surface area contributed by atoms with Gasteiger partial charge in [-0.1, -0.05) is 30.3 Å². The molecule has 7 nitrogen and oxygen atoms in total. The third-order valence-electron chi connectivity index (χ3n) is 6.92. The van der Waals surface area contributed by atoms with E-state index >= 15 is 0 Å². The number of methoxy groups -OCH3 is 1. The Morgan fingerprint density at radius 2 is 1.80 bits per heavy atom. The molecule has 3 aromatic carbocycles. The maximum atomic E-state index is 14.3. The second-order valence-corrected chi connectivity index (χ2v) is 9.90. The fraction of sp³-hybridized carbons (Fsp3) is 0.258. The highest BCUT2D eigenvalue weighted by Gasteiger charge is 2.28. The van der Waals surface area contributed by atoms with E-state index in [0.29, 0.717) is 11.6 Å². The zero-order chi connectivity index (χ0) is 28.9. The molecule has 0 saturated heterocycles. The second-order valence-electron chi connectivity index (χ2n) is 9.90. The van der Waals surface area contributed by atoms with Gasteiger partial charge in [0.2, 0.25) is 6.17 Å². The minimum atomic E-state index is -3.31. The highest BCUT2D eigenvalue weighted by Crippen LogP contribution is 2.32. The van der Waals surface area contributed by atoms with Gasteiger partial charge in [0.15, 0.2) is 0 Å². The van der Waals surface area contributed by atoms with Gasteiger partial charge < -0.3 is 15.4 Å². The molecule has 1 aliphatic rings. The summed E-state index contributed by atoms with van der Waals surface area (Å²) in [6.45, 7) is 0.853. The predicted molar refractivity (Wildman–Crippen MR) is 148 cm³/mol. The van der Waals surface area contributed by atoms with Crippen LogP contribution >= 0.6 is 0 Å². The number of rotatable bonds is 11. The number of benzene rings is 3. The molecule has 1 saturated carbocycles. The molecule has 2 atom stereocenters. The molecule has 1 aliphatic carbocycles. The van der Waals surface area contributed by atoms with E-state index in [-0.39, 0.29) is 23.0 Å². The Labute approximate surface area is 235 Å². The summed E-state index contributed by atoms with van der Waals surface area (Å²) >= 11 is 0. The van der Waals surface area contributed by atoms with Crippen LogP contribution in [-0.4, -0.2) is 35.8 Å². The minimum Gasteiger partial charge on any atom is -0.497 e. The van der Waals surface area contributed by atoms with Crippen molar-refractivity contribution in [3.05, 3.63) is 107 Å². The summed E-state index contributed by atoms with van der Waals surface area (Å²) < 4.78 is 47.0. The first kappa shape index (κ1) is 27.9. The average molecular weight is 560 g/mol. The van der Waals surface area contributed by atoms with Crippen LogP contribution in [0.5, 0.6) is 5.75 Å². The number of carbonyl (C=O) groups is 1. The molecule has 1 fully saturated rings. The lowest BCUT2D eigenvalue weighted by Gasteiger charge is -2.21. The molecular formula is C31H28F3N5O2. The van der Waals surface area contributed by atoms with Crippen LogP contribution in [0.15, 0.2) is 78.9 Å². The molecule has 0 radical (unpaired) electrons. The van der Waals surface area contributed by atoms with Crippen molar-refractivity contribution >= 4 is 11.6 Å². The molecule has 2 unspecified atom stereocenters. The zero-order valence-corrected chi connectivity index (χ0v) is 22.2. The van der Waals surface area contributed by atoms with Crippen molar-refractivity contribution in [1.29, 1.82) is 5.26 Å². The van der Waals surface area contributed by atoms with Gasteiger partial charge >= 0.3 is 0 Å². The lowest BCUT2D eigenvalue weighted by molar-refractivity contribution is 0.0471. The number of nitriles is 1. The highest BCUT2D eigenvalue weighted by atomic mass is 19.3. The molecule has 41 heavy (non-hydrogen) atoms. The number of aromatic nitrogens is 2. The van der Waals surface area contributed by atoms with E-state index in [9.17, 15) is 23.2 Å². The third-order valence-corrected chi connectivity index (χ3v) is 6.92. The lowest BCUT2D eigenvalue weighted by atomic mass is 9.97. The number of alkyl halides is 3. The van der Waals surface area contributed by atoms with Crippen molar-refractivity contribution in [2.45, 2.75) is 31.5 Å². The van der Waals surface area contributed by atoms with Crippen molar-refractivity contribution in [3.8, 4) is 17.5 Å². The van der Waals surface area contributed by atoms with Gasteiger partial charge in [-0.2, -0.15) is 10.4 Å². The summed E-state index contributed by atoms with van der Waals surface area (Å²) in [7, 11) is 1.61. The molecule has 4 aromatic rings. The first-order valence-electron chi connectivity index (χ1n) is 13.2. The Balaban J connectivity index is 1.45. The number of amides is 1. The van der Waals surface area contributed by atoms with Crippen LogP contribution in [0, 0.1) is 17.2 Å². The van der Waals surface area contributed by atoms with E-state index in [0.717, 1.165) is 34.2 Å². The van der Waals surface area contributed by atoms with Gasteiger partial charge in [0.05, 0.1) is 30.5 Å². The van der Waals surface area contributed by atoms with Crippen LogP contribution in [0.3, 0.4) is 0 Å². The van der Waals surface area contributed by atoms with Crippen LogP contribution < -0.4 is 15.4 Å². The van der Waals surface area contributed by atoms with Crippen LogP contribution in [-0.2, 0) is 0 Å². The SMILES string of the molecule is COc1ccc(C(NCC2CC2)c2cccc(NC(=O)c3cc(C(F)C(F)F)nn3-c3cccc(C#N)c3)c2)cc1. The smallest absolute Gasteiger partial charge is 0.275 e. The number of nitrogens with one attached hydrogen (secondary N) is 2. The molecule has 5 rings (SSSR count). The predicted octanol–water partition coefficient (Wildman–Crippen LogP) is 6.37. The Hall–Kier alpha value is -4.62. The Kier molecular flexibility index (Phi) is 8.36. The van der Waals surface area contributed by atoms with E-state index in [1.165, 1.54) is 18.9 Å². The van der Waals surface area contributed by atoms with Crippen molar-refractivity contribution in [1.82, 2.24) is 15.1 Å². The third kappa shape index (κ3) is 6.58. The molecule has 0 spiro atoms. The van der Waals surface area contributed by atoms with Crippen LogP contribution in [0.25, 0.3) is 5.69 Å². The number of hydrogen-bond acceptors (Lipinski definition) is 5. The molecule has 2 N–H and O–H groups in total. The Morgan fingerprint density at radius 1 is 1.05 bits per heavy atom. The van der Waals surface area contributed by atoms with Gasteiger partial charge in [-0.3, -0.25) is 4.79 Å². The van der Waals surface area contributed by atoms with Gasteiger partial charge in [-0.25, -0.2) is 17.9 Å². The molecule has 0 bridgehead atoms. The Bertz CT molecular complexity index is 1560. The van der Waals surface area contributed by atoms with Gasteiger partial charge in [0.1, 0.15) is 17.1 Å². The fourth-order valence-corrected chi connectivity index (χ4v) is 4.55. The number of hydrogen-bond donors (Lipinski definition) is 2. The first-order chi connectivity index (χ1) is 19.9. The van der Waals surface area contributed by atoms with Crippen LogP contribution in [0.1, 0.15) is 57.9 Å². The largest absolute Gasteiger partial charge is 0.497 e. The van der Waals surface area contributed by atoms with Crippen molar-refractivity contribution < 1.29 is 22.7 Å². The number of nitrogens with zero attached hydrogens (tertiary/aromatic N) is 3. The van der Waals surface area contributed by atoms with E-state index in [1.807, 2.05) is 48.5 Å². The first-order valence-corrected chi connectivity index (χ1v) is 13.2. The van der Waals surface area contributed by atoms with Crippen molar-refractivity contribution in [2.75, 3.05) is 19.0 Å². The zero-order valence-electron chi connectivity index (χ0n) is 22.2. The van der Waals surface area contributed by atoms with Crippen LogP contribution in [0.4, 0.5) is 18.9 Å². The average Bonchev–Trinajstić information content (AvgIpc) is 3.72. The van der Waals surface area contributed by atoms with Gasteiger partial charge in [0, 0.05) is 5.69 Å². The van der Waals surface area contributed by atoms with E-state index in [4.69, 9.17) is 4.74 Å². The molecule has 1 aromatic heterocycles. The quantitative estimate of drug-likeness (QED) is 0.223. The summed E-state index contributed by atoms with van der Waals surface area (Å²) in [5, 5.41) is 19.7. The highest BCUT2D eigenvalue weighted by molar-refractivity contribution is 6.03. The van der Waals surface area contributed by atoms with E-state index < -0.39 is 24.2 Å². The van der Waals surface area contributed by atoms with Gasteiger partial charge in [0.25, 0.3) is 12.3 Å². The minimum absolute atomic E-state index is 0.150. The second kappa shape index (κ2) is 12.3. The molecular weight excluding hydrogens is 531 g/mol. The van der Waals surface area contributed by atoms with Crippen LogP contribution in [0.2, 0.25) is 0 Å². The van der Waals surface area contributed by atoms with Crippen molar-refractivity contribution in [2.24, 2.45) is 5.92 Å². The van der Waals surface area contributed by atoms with E-state index in [1.54, 1.807) is 31.4 Å². The molecule has 1 amide bonds. The molecule has 0 aliphatic heterocycles. The maximum absolute atomic E-state index is 14.3. The number of anilines is 1.